The maximum absolute atomic E-state index is 10.9. The minimum Gasteiger partial charge on any atom is -0.478 e. The summed E-state index contributed by atoms with van der Waals surface area (Å²) in [4.78, 5) is 20.8. The third-order valence-corrected chi connectivity index (χ3v) is 5.98. The molecule has 8 heteroatoms. The maximum atomic E-state index is 10.9. The number of aromatic nitrogens is 2. The van der Waals surface area contributed by atoms with Crippen LogP contribution >= 0.6 is 11.3 Å². The van der Waals surface area contributed by atoms with Crippen LogP contribution in [0.5, 0.6) is 0 Å². The molecule has 0 saturated heterocycles. The molecule has 2 heterocycles. The van der Waals surface area contributed by atoms with Gasteiger partial charge < -0.3 is 10.2 Å². The van der Waals surface area contributed by atoms with Crippen molar-refractivity contribution in [1.82, 2.24) is 9.97 Å². The smallest absolute Gasteiger partial charge is 0.335 e. The Hall–Kier alpha value is -3.62. The van der Waals surface area contributed by atoms with Crippen molar-refractivity contribution < 1.29 is 15.0 Å². The monoisotopic (exact) mass is 418 g/mol. The summed E-state index contributed by atoms with van der Waals surface area (Å²) in [6.07, 6.45) is 3.11. The lowest BCUT2D eigenvalue weighted by atomic mass is 10.1. The second-order valence-electron chi connectivity index (χ2n) is 6.61. The molecule has 0 aliphatic rings. The Labute approximate surface area is 176 Å². The number of hydrogen-bond acceptors (Lipinski definition) is 7. The highest BCUT2D eigenvalue weighted by molar-refractivity contribution is 7.23. The number of carboxylic acid groups (broad SMARTS) is 1. The molecule has 0 aliphatic heterocycles. The van der Waals surface area contributed by atoms with Crippen molar-refractivity contribution in [2.75, 3.05) is 5.43 Å². The van der Waals surface area contributed by atoms with E-state index in [2.05, 4.69) is 20.5 Å². The molecule has 0 saturated carbocycles. The van der Waals surface area contributed by atoms with Crippen LogP contribution < -0.4 is 5.43 Å². The number of benzene rings is 2. The highest BCUT2D eigenvalue weighted by Crippen LogP contribution is 2.39. The number of carboxylic acids is 1. The minimum atomic E-state index is -0.963. The molecule has 2 aromatic carbocycles. The predicted molar refractivity (Wildman–Crippen MR) is 118 cm³/mol. The number of carbonyl (C=O) groups is 1. The molecule has 150 valence electrons. The average Bonchev–Trinajstić information content (AvgIpc) is 3.11. The van der Waals surface area contributed by atoms with Gasteiger partial charge in [0.25, 0.3) is 0 Å². The Kier molecular flexibility index (Phi) is 5.51. The van der Waals surface area contributed by atoms with Crippen LogP contribution in [0.3, 0.4) is 0 Å². The van der Waals surface area contributed by atoms with Gasteiger partial charge in [0, 0.05) is 4.88 Å². The molecule has 0 amide bonds. The van der Waals surface area contributed by atoms with Crippen molar-refractivity contribution in [3.63, 3.8) is 0 Å². The van der Waals surface area contributed by atoms with Crippen molar-refractivity contribution in [3.8, 4) is 10.4 Å². The summed E-state index contributed by atoms with van der Waals surface area (Å²) in [5.41, 5.74) is 7.80. The molecule has 4 rings (SSSR count). The van der Waals surface area contributed by atoms with Gasteiger partial charge in [-0.3, -0.25) is 5.43 Å². The van der Waals surface area contributed by atoms with Gasteiger partial charge in [0.1, 0.15) is 6.33 Å². The van der Waals surface area contributed by atoms with Gasteiger partial charge >= 0.3 is 5.97 Å². The van der Waals surface area contributed by atoms with Gasteiger partial charge in [-0.15, -0.1) is 11.3 Å². The van der Waals surface area contributed by atoms with E-state index in [4.69, 9.17) is 5.11 Å². The van der Waals surface area contributed by atoms with E-state index < -0.39 is 5.97 Å². The molecule has 0 atom stereocenters. The number of aliphatic hydroxyl groups excluding tert-OH is 1. The predicted octanol–water partition coefficient (Wildman–Crippen LogP) is 4.30. The quantitative estimate of drug-likeness (QED) is 0.318. The van der Waals surface area contributed by atoms with Crippen molar-refractivity contribution in [1.29, 1.82) is 0 Å². The summed E-state index contributed by atoms with van der Waals surface area (Å²) >= 11 is 1.58. The second kappa shape index (κ2) is 8.40. The fourth-order valence-corrected chi connectivity index (χ4v) is 4.23. The van der Waals surface area contributed by atoms with Crippen LogP contribution in [0.25, 0.3) is 20.7 Å². The fraction of sp³-hybridized carbons (Fsp3) is 0.0909. The van der Waals surface area contributed by atoms with Crippen LogP contribution in [-0.4, -0.2) is 32.4 Å². The first kappa shape index (κ1) is 19.7. The number of aromatic carboxylic acids is 1. The Morgan fingerprint density at radius 3 is 2.53 bits per heavy atom. The van der Waals surface area contributed by atoms with Crippen LogP contribution in [0.1, 0.15) is 27.0 Å². The zero-order valence-corrected chi connectivity index (χ0v) is 16.8. The molecule has 0 fully saturated rings. The molecule has 0 spiro atoms. The first-order valence-electron chi connectivity index (χ1n) is 9.13. The molecule has 7 nitrogen and oxygen atoms in total. The number of aryl methyl sites for hydroxylation is 1. The average molecular weight is 418 g/mol. The highest BCUT2D eigenvalue weighted by Gasteiger charge is 2.15. The molecule has 2 aromatic heterocycles. The molecule has 3 N–H and O–H groups in total. The van der Waals surface area contributed by atoms with E-state index in [1.807, 2.05) is 31.2 Å². The van der Waals surface area contributed by atoms with Crippen LogP contribution in [0.4, 0.5) is 5.82 Å². The van der Waals surface area contributed by atoms with Crippen LogP contribution in [0.15, 0.2) is 60.0 Å². The second-order valence-corrected chi connectivity index (χ2v) is 7.63. The number of aliphatic hydroxyl groups is 1. The van der Waals surface area contributed by atoms with Gasteiger partial charge in [-0.2, -0.15) is 5.10 Å². The van der Waals surface area contributed by atoms with E-state index in [0.717, 1.165) is 37.3 Å². The lowest BCUT2D eigenvalue weighted by Gasteiger charge is -2.01. The third kappa shape index (κ3) is 3.91. The fourth-order valence-electron chi connectivity index (χ4n) is 3.02. The summed E-state index contributed by atoms with van der Waals surface area (Å²) in [6.45, 7) is 2.04. The number of anilines is 1. The molecule has 0 bridgehead atoms. The summed E-state index contributed by atoms with van der Waals surface area (Å²) in [7, 11) is 0. The summed E-state index contributed by atoms with van der Waals surface area (Å²) in [5.74, 6) is -0.361. The number of rotatable bonds is 6. The number of hydrazone groups is 1. The lowest BCUT2D eigenvalue weighted by molar-refractivity contribution is 0.0697. The summed E-state index contributed by atoms with van der Waals surface area (Å²) in [6, 6.07) is 14.2. The highest BCUT2D eigenvalue weighted by atomic mass is 32.1. The lowest BCUT2D eigenvalue weighted by Crippen LogP contribution is -1.97. The summed E-state index contributed by atoms with van der Waals surface area (Å²) in [5, 5.41) is 22.4. The molecular weight excluding hydrogens is 400 g/mol. The summed E-state index contributed by atoms with van der Waals surface area (Å²) < 4.78 is 0.898. The number of nitrogens with zero attached hydrogens (tertiary/aromatic N) is 3. The SMILES string of the molecule is Cc1c(-c2ccc(CO)cc2)sc2c(NN=Cc3ccc(C(=O)O)cc3)ncnc12. The Morgan fingerprint density at radius 2 is 1.87 bits per heavy atom. The zero-order chi connectivity index (χ0) is 21.1. The number of thiophene rings is 1. The molecule has 0 unspecified atom stereocenters. The molecule has 0 radical (unpaired) electrons. The van der Waals surface area contributed by atoms with Crippen molar-refractivity contribution in [2.45, 2.75) is 13.5 Å². The Bertz CT molecular complexity index is 1230. The molecule has 30 heavy (non-hydrogen) atoms. The number of fused-ring (bicyclic) bond motifs is 1. The van der Waals surface area contributed by atoms with E-state index in [1.165, 1.54) is 18.5 Å². The largest absolute Gasteiger partial charge is 0.478 e. The topological polar surface area (TPSA) is 108 Å². The van der Waals surface area contributed by atoms with Crippen LogP contribution in [0, 0.1) is 6.92 Å². The first-order valence-corrected chi connectivity index (χ1v) is 9.95. The van der Waals surface area contributed by atoms with Gasteiger partial charge in [0.15, 0.2) is 5.82 Å². The van der Waals surface area contributed by atoms with E-state index >= 15 is 0 Å². The standard InChI is InChI=1S/C22H18N4O3S/c1-13-18-20(30-19(13)16-6-4-15(11-27)5-7-16)21(24-12-23-18)26-25-10-14-2-8-17(9-3-14)22(28)29/h2-10,12,27H,11H2,1H3,(H,28,29)(H,23,24,26). The number of nitrogens with one attached hydrogen (secondary N) is 1. The minimum absolute atomic E-state index is 0.0161. The first-order chi connectivity index (χ1) is 14.6. The molecule has 0 aliphatic carbocycles. The van der Waals surface area contributed by atoms with Gasteiger partial charge in [-0.1, -0.05) is 36.4 Å². The van der Waals surface area contributed by atoms with Crippen LogP contribution in [-0.2, 0) is 6.61 Å². The van der Waals surface area contributed by atoms with Crippen molar-refractivity contribution in [3.05, 3.63) is 77.1 Å². The Balaban J connectivity index is 1.60. The Morgan fingerprint density at radius 1 is 1.13 bits per heavy atom. The van der Waals surface area contributed by atoms with E-state index in [-0.39, 0.29) is 12.2 Å². The van der Waals surface area contributed by atoms with Crippen molar-refractivity contribution in [2.24, 2.45) is 5.10 Å². The normalized spacial score (nSPS) is 11.3. The zero-order valence-electron chi connectivity index (χ0n) is 16.0. The van der Waals surface area contributed by atoms with E-state index in [9.17, 15) is 9.90 Å². The molecule has 4 aromatic rings. The number of hydrogen-bond donors (Lipinski definition) is 3. The van der Waals surface area contributed by atoms with E-state index in [0.29, 0.717) is 5.82 Å². The van der Waals surface area contributed by atoms with Crippen molar-refractivity contribution >= 4 is 39.6 Å². The molecular formula is C22H18N4O3S. The van der Waals surface area contributed by atoms with Gasteiger partial charge in [-0.05, 0) is 41.3 Å². The van der Waals surface area contributed by atoms with Gasteiger partial charge in [0.05, 0.1) is 28.6 Å². The third-order valence-electron chi connectivity index (χ3n) is 4.64. The maximum Gasteiger partial charge on any atom is 0.335 e. The van der Waals surface area contributed by atoms with Gasteiger partial charge in [0.2, 0.25) is 0 Å². The van der Waals surface area contributed by atoms with Gasteiger partial charge in [-0.25, -0.2) is 14.8 Å². The van der Waals surface area contributed by atoms with Crippen LogP contribution in [0.2, 0.25) is 0 Å². The van der Waals surface area contributed by atoms with E-state index in [1.54, 1.807) is 29.7 Å².